The van der Waals surface area contributed by atoms with E-state index in [1.54, 1.807) is 14.2 Å². The van der Waals surface area contributed by atoms with Crippen LogP contribution in [0.1, 0.15) is 24.4 Å². The lowest BCUT2D eigenvalue weighted by Crippen LogP contribution is -2.47. The molecule has 2 rings (SSSR count). The highest BCUT2D eigenvalue weighted by Crippen LogP contribution is 2.27. The lowest BCUT2D eigenvalue weighted by atomic mass is 10.1. The van der Waals surface area contributed by atoms with Crippen molar-refractivity contribution in [2.45, 2.75) is 25.1 Å². The van der Waals surface area contributed by atoms with Gasteiger partial charge in [-0.3, -0.25) is 14.7 Å². The highest BCUT2D eigenvalue weighted by atomic mass is 19.4. The first kappa shape index (κ1) is 23.8. The Labute approximate surface area is 175 Å². The molecule has 1 unspecified atom stereocenters. The largest absolute Gasteiger partial charge is 0.497 e. The van der Waals surface area contributed by atoms with Gasteiger partial charge in [-0.1, -0.05) is 12.1 Å². The van der Waals surface area contributed by atoms with Crippen molar-refractivity contribution >= 4 is 11.9 Å². The Balaban J connectivity index is 1.96. The molecule has 1 atom stereocenters. The standard InChI is InChI=1S/C20H30F3N5O2/c1-24-19(26-13-18(29)27(2)14-20(21,22)23)25-12-17(28-9-4-5-10-28)15-7-6-8-16(11-15)30-3/h6-8,11,17H,4-5,9-10,12-14H2,1-3H3,(H2,24,25,26). The normalized spacial score (nSPS) is 16.3. The molecule has 1 saturated heterocycles. The van der Waals surface area contributed by atoms with Crippen LogP contribution in [0.15, 0.2) is 29.3 Å². The molecule has 1 amide bonds. The maximum absolute atomic E-state index is 12.4. The Morgan fingerprint density at radius 2 is 2.00 bits per heavy atom. The van der Waals surface area contributed by atoms with E-state index in [9.17, 15) is 18.0 Å². The number of aliphatic imine (C=N–C) groups is 1. The van der Waals surface area contributed by atoms with Crippen molar-refractivity contribution in [3.8, 4) is 5.75 Å². The fourth-order valence-electron chi connectivity index (χ4n) is 3.43. The summed E-state index contributed by atoms with van der Waals surface area (Å²) in [7, 11) is 4.30. The van der Waals surface area contributed by atoms with Crippen LogP contribution in [-0.2, 0) is 4.79 Å². The number of ether oxygens (including phenoxy) is 1. The number of amides is 1. The van der Waals surface area contributed by atoms with Gasteiger partial charge in [0.25, 0.3) is 0 Å². The van der Waals surface area contributed by atoms with Crippen LogP contribution < -0.4 is 15.4 Å². The van der Waals surface area contributed by atoms with Gasteiger partial charge >= 0.3 is 6.18 Å². The van der Waals surface area contributed by atoms with Gasteiger partial charge in [0.15, 0.2) is 5.96 Å². The van der Waals surface area contributed by atoms with Gasteiger partial charge in [0.1, 0.15) is 12.3 Å². The molecular formula is C20H30F3N5O2. The van der Waals surface area contributed by atoms with Gasteiger partial charge in [0, 0.05) is 20.6 Å². The molecular weight excluding hydrogens is 399 g/mol. The van der Waals surface area contributed by atoms with Crippen LogP contribution in [0.3, 0.4) is 0 Å². The van der Waals surface area contributed by atoms with Crippen LogP contribution in [0.25, 0.3) is 0 Å². The number of nitrogens with zero attached hydrogens (tertiary/aromatic N) is 3. The van der Waals surface area contributed by atoms with E-state index >= 15 is 0 Å². The van der Waals surface area contributed by atoms with Crippen LogP contribution in [-0.4, -0.2) is 81.8 Å². The lowest BCUT2D eigenvalue weighted by Gasteiger charge is -2.29. The van der Waals surface area contributed by atoms with Gasteiger partial charge in [0.05, 0.1) is 19.7 Å². The zero-order chi connectivity index (χ0) is 22.1. The minimum Gasteiger partial charge on any atom is -0.497 e. The van der Waals surface area contributed by atoms with Crippen LogP contribution >= 0.6 is 0 Å². The molecule has 30 heavy (non-hydrogen) atoms. The topological polar surface area (TPSA) is 69.2 Å². The van der Waals surface area contributed by atoms with E-state index in [0.29, 0.717) is 17.4 Å². The second kappa shape index (κ2) is 11.1. The number of carbonyl (C=O) groups excluding carboxylic acids is 1. The zero-order valence-electron chi connectivity index (χ0n) is 17.6. The number of methoxy groups -OCH3 is 1. The molecule has 1 aromatic rings. The van der Waals surface area contributed by atoms with Crippen molar-refractivity contribution in [1.29, 1.82) is 0 Å². The van der Waals surface area contributed by atoms with Gasteiger partial charge in [-0.25, -0.2) is 0 Å². The molecule has 0 aliphatic carbocycles. The number of hydrogen-bond acceptors (Lipinski definition) is 4. The summed E-state index contributed by atoms with van der Waals surface area (Å²) < 4.78 is 42.7. The summed E-state index contributed by atoms with van der Waals surface area (Å²) in [6, 6.07) is 7.95. The summed E-state index contributed by atoms with van der Waals surface area (Å²) >= 11 is 0. The Morgan fingerprint density at radius 1 is 1.30 bits per heavy atom. The maximum atomic E-state index is 12.4. The third kappa shape index (κ3) is 7.40. The number of alkyl halides is 3. The summed E-state index contributed by atoms with van der Waals surface area (Å²) in [4.78, 5) is 19.0. The summed E-state index contributed by atoms with van der Waals surface area (Å²) in [5.41, 5.74) is 1.10. The Morgan fingerprint density at radius 3 is 2.60 bits per heavy atom. The molecule has 1 fully saturated rings. The first-order chi connectivity index (χ1) is 14.2. The van der Waals surface area contributed by atoms with Gasteiger partial charge < -0.3 is 20.3 Å². The second-order valence-electron chi connectivity index (χ2n) is 7.21. The van der Waals surface area contributed by atoms with Crippen molar-refractivity contribution in [2.75, 3.05) is 53.9 Å². The Bertz CT molecular complexity index is 721. The third-order valence-electron chi connectivity index (χ3n) is 5.00. The van der Waals surface area contributed by atoms with E-state index in [4.69, 9.17) is 4.74 Å². The average Bonchev–Trinajstić information content (AvgIpc) is 3.23. The van der Waals surface area contributed by atoms with Crippen LogP contribution in [0.2, 0.25) is 0 Å². The maximum Gasteiger partial charge on any atom is 0.406 e. The van der Waals surface area contributed by atoms with E-state index in [1.165, 1.54) is 0 Å². The Hall–Kier alpha value is -2.49. The van der Waals surface area contributed by atoms with E-state index in [1.807, 2.05) is 24.3 Å². The molecule has 2 N–H and O–H groups in total. The van der Waals surface area contributed by atoms with E-state index in [0.717, 1.165) is 44.3 Å². The number of likely N-dealkylation sites (N-methyl/N-ethyl adjacent to an activating group) is 1. The molecule has 0 bridgehead atoms. The summed E-state index contributed by atoms with van der Waals surface area (Å²) in [5.74, 6) is 0.465. The predicted molar refractivity (Wildman–Crippen MR) is 110 cm³/mol. The van der Waals surface area contributed by atoms with E-state index < -0.39 is 18.6 Å². The average molecular weight is 429 g/mol. The fraction of sp³-hybridized carbons (Fsp3) is 0.600. The van der Waals surface area contributed by atoms with Crippen molar-refractivity contribution in [2.24, 2.45) is 4.99 Å². The molecule has 1 aliphatic heterocycles. The minimum atomic E-state index is -4.43. The highest BCUT2D eigenvalue weighted by Gasteiger charge is 2.31. The number of nitrogens with one attached hydrogen (secondary N) is 2. The molecule has 0 saturated carbocycles. The molecule has 0 spiro atoms. The quantitative estimate of drug-likeness (QED) is 0.489. The lowest BCUT2D eigenvalue weighted by molar-refractivity contribution is -0.157. The number of rotatable bonds is 8. The SMILES string of the molecule is CN=C(NCC(=O)N(C)CC(F)(F)F)NCC(c1cccc(OC)c1)N1CCCC1. The van der Waals surface area contributed by atoms with Crippen LogP contribution in [0, 0.1) is 0 Å². The molecule has 1 aliphatic rings. The van der Waals surface area contributed by atoms with Gasteiger partial charge in [0.2, 0.25) is 5.91 Å². The zero-order valence-corrected chi connectivity index (χ0v) is 17.6. The molecule has 10 heteroatoms. The fourth-order valence-corrected chi connectivity index (χ4v) is 3.43. The van der Waals surface area contributed by atoms with Gasteiger partial charge in [-0.2, -0.15) is 13.2 Å². The second-order valence-corrected chi connectivity index (χ2v) is 7.21. The van der Waals surface area contributed by atoms with Gasteiger partial charge in [-0.15, -0.1) is 0 Å². The molecule has 1 aromatic carbocycles. The smallest absolute Gasteiger partial charge is 0.406 e. The molecule has 0 aromatic heterocycles. The van der Waals surface area contributed by atoms with E-state index in [-0.39, 0.29) is 12.6 Å². The number of carbonyl (C=O) groups is 1. The molecule has 1 heterocycles. The van der Waals surface area contributed by atoms with Crippen LogP contribution in [0.5, 0.6) is 5.75 Å². The van der Waals surface area contributed by atoms with Crippen molar-refractivity contribution in [3.05, 3.63) is 29.8 Å². The number of guanidine groups is 1. The van der Waals surface area contributed by atoms with Crippen molar-refractivity contribution in [1.82, 2.24) is 20.4 Å². The van der Waals surface area contributed by atoms with Gasteiger partial charge in [-0.05, 0) is 43.6 Å². The third-order valence-corrected chi connectivity index (χ3v) is 5.00. The van der Waals surface area contributed by atoms with E-state index in [2.05, 4.69) is 20.5 Å². The molecule has 0 radical (unpaired) electrons. The first-order valence-corrected chi connectivity index (χ1v) is 9.86. The first-order valence-electron chi connectivity index (χ1n) is 9.86. The number of likely N-dealkylation sites (tertiary alicyclic amines) is 1. The Kier molecular flexibility index (Phi) is 8.76. The van der Waals surface area contributed by atoms with Crippen molar-refractivity contribution < 1.29 is 22.7 Å². The number of halogens is 3. The summed E-state index contributed by atoms with van der Waals surface area (Å²) in [6.07, 6.45) is -2.16. The monoisotopic (exact) mass is 429 g/mol. The number of hydrogen-bond donors (Lipinski definition) is 2. The van der Waals surface area contributed by atoms with Crippen LogP contribution in [0.4, 0.5) is 13.2 Å². The molecule has 168 valence electrons. The summed E-state index contributed by atoms with van der Waals surface area (Å²) in [6.45, 7) is 0.929. The minimum absolute atomic E-state index is 0.0738. The number of benzene rings is 1. The highest BCUT2D eigenvalue weighted by molar-refractivity contribution is 5.86. The predicted octanol–water partition coefficient (Wildman–Crippen LogP) is 2.02. The summed E-state index contributed by atoms with van der Waals surface area (Å²) in [5, 5.41) is 5.98. The molecule has 7 nitrogen and oxygen atoms in total. The van der Waals surface area contributed by atoms with Crippen molar-refractivity contribution in [3.63, 3.8) is 0 Å².